The Morgan fingerprint density at radius 2 is 1.85 bits per heavy atom. The van der Waals surface area contributed by atoms with Crippen LogP contribution in [-0.2, 0) is 0 Å². The zero-order valence-corrected chi connectivity index (χ0v) is 17.2. The van der Waals surface area contributed by atoms with Gasteiger partial charge in [-0.1, -0.05) is 49.9 Å². The normalized spacial score (nSPS) is 11.7. The summed E-state index contributed by atoms with van der Waals surface area (Å²) in [5, 5.41) is 9.57. The number of rotatable bonds is 7. The molecule has 0 aliphatic carbocycles. The van der Waals surface area contributed by atoms with Gasteiger partial charge in [0.25, 0.3) is 0 Å². The Morgan fingerprint density at radius 3 is 2.46 bits per heavy atom. The van der Waals surface area contributed by atoms with Crippen LogP contribution in [0, 0.1) is 13.8 Å². The van der Waals surface area contributed by atoms with E-state index in [-0.39, 0.29) is 0 Å². The number of aromatic nitrogens is 2. The van der Waals surface area contributed by atoms with Crippen molar-refractivity contribution >= 4 is 34.6 Å². The van der Waals surface area contributed by atoms with Crippen LogP contribution < -0.4 is 5.32 Å². The topological polar surface area (TPSA) is 42.5 Å². The molecule has 4 nitrogen and oxygen atoms in total. The predicted molar refractivity (Wildman–Crippen MR) is 110 cm³/mol. The molecule has 0 saturated heterocycles. The molecular formula is C20H25Cl2N3O. The van der Waals surface area contributed by atoms with Crippen molar-refractivity contribution < 1.29 is 4.42 Å². The van der Waals surface area contributed by atoms with Crippen molar-refractivity contribution in [3.05, 3.63) is 39.7 Å². The lowest BCUT2D eigenvalue weighted by Crippen LogP contribution is -2.19. The molecule has 1 aromatic carbocycles. The minimum Gasteiger partial charge on any atom is -0.440 e. The van der Waals surface area contributed by atoms with E-state index in [2.05, 4.69) is 19.2 Å². The van der Waals surface area contributed by atoms with Crippen LogP contribution in [0.25, 0.3) is 17.0 Å². The molecule has 0 unspecified atom stereocenters. The molecule has 0 aliphatic rings. The number of benzene rings is 1. The number of fused-ring (bicyclic) bond motifs is 1. The molecule has 140 valence electrons. The maximum Gasteiger partial charge on any atom is 0.246 e. The molecule has 0 aliphatic heterocycles. The second-order valence-corrected chi connectivity index (χ2v) is 7.57. The van der Waals surface area contributed by atoms with Crippen LogP contribution in [0.3, 0.4) is 0 Å². The number of hydrogen-bond donors (Lipinski definition) is 1. The van der Waals surface area contributed by atoms with Gasteiger partial charge in [-0.3, -0.25) is 0 Å². The van der Waals surface area contributed by atoms with Gasteiger partial charge in [0.2, 0.25) is 5.71 Å². The van der Waals surface area contributed by atoms with Gasteiger partial charge >= 0.3 is 0 Å². The smallest absolute Gasteiger partial charge is 0.246 e. The van der Waals surface area contributed by atoms with Crippen LogP contribution >= 0.6 is 23.2 Å². The molecule has 0 amide bonds. The van der Waals surface area contributed by atoms with E-state index in [4.69, 9.17) is 32.7 Å². The minimum absolute atomic E-state index is 0.421. The van der Waals surface area contributed by atoms with Crippen molar-refractivity contribution in [3.63, 3.8) is 0 Å². The van der Waals surface area contributed by atoms with Gasteiger partial charge in [0.1, 0.15) is 17.1 Å². The fourth-order valence-electron chi connectivity index (χ4n) is 3.44. The summed E-state index contributed by atoms with van der Waals surface area (Å²) < 4.78 is 7.94. The fourth-order valence-corrected chi connectivity index (χ4v) is 3.93. The van der Waals surface area contributed by atoms with Gasteiger partial charge in [0.15, 0.2) is 0 Å². The molecule has 6 heteroatoms. The summed E-state index contributed by atoms with van der Waals surface area (Å²) in [5.74, 6) is 0.780. The number of halogens is 2. The lowest BCUT2D eigenvalue weighted by molar-refractivity contribution is 0.565. The second kappa shape index (κ2) is 7.93. The first-order valence-corrected chi connectivity index (χ1v) is 9.92. The molecule has 0 fully saturated rings. The molecule has 2 aromatic heterocycles. The highest BCUT2D eigenvalue weighted by Crippen LogP contribution is 2.37. The SMILES string of the molecule is CCCC(CCC)Nc1c(C)nn2c(-c3ccc(Cl)cc3Cl)c(C)oc12. The summed E-state index contributed by atoms with van der Waals surface area (Å²) >= 11 is 12.5. The van der Waals surface area contributed by atoms with E-state index >= 15 is 0 Å². The monoisotopic (exact) mass is 393 g/mol. The maximum absolute atomic E-state index is 6.42. The van der Waals surface area contributed by atoms with E-state index in [0.29, 0.717) is 16.1 Å². The van der Waals surface area contributed by atoms with Gasteiger partial charge in [0.05, 0.1) is 10.7 Å². The summed E-state index contributed by atoms with van der Waals surface area (Å²) in [4.78, 5) is 0. The molecule has 3 aromatic rings. The van der Waals surface area contributed by atoms with Gasteiger partial charge in [-0.05, 0) is 44.9 Å². The Morgan fingerprint density at radius 1 is 1.15 bits per heavy atom. The molecule has 2 heterocycles. The lowest BCUT2D eigenvalue weighted by atomic mass is 10.1. The summed E-state index contributed by atoms with van der Waals surface area (Å²) in [7, 11) is 0. The Labute approximate surface area is 164 Å². The fraction of sp³-hybridized carbons (Fsp3) is 0.450. The first kappa shape index (κ1) is 19.1. The van der Waals surface area contributed by atoms with Crippen molar-refractivity contribution in [2.75, 3.05) is 5.32 Å². The highest BCUT2D eigenvalue weighted by atomic mass is 35.5. The predicted octanol–water partition coefficient (Wildman–Crippen LogP) is 6.90. The van der Waals surface area contributed by atoms with Gasteiger partial charge < -0.3 is 9.73 Å². The van der Waals surface area contributed by atoms with Gasteiger partial charge in [-0.25, -0.2) is 0 Å². The van der Waals surface area contributed by atoms with E-state index < -0.39 is 0 Å². The molecular weight excluding hydrogens is 369 g/mol. The molecule has 0 spiro atoms. The molecule has 1 N–H and O–H groups in total. The Hall–Kier alpha value is -1.65. The van der Waals surface area contributed by atoms with E-state index in [1.54, 1.807) is 6.07 Å². The standard InChI is InChI=1S/C20H25Cl2N3O/c1-5-7-15(8-6-2)23-18-12(3)24-25-19(13(4)26-20(18)25)16-10-9-14(21)11-17(16)22/h9-11,15,23H,5-8H2,1-4H3. The third-order valence-corrected chi connectivity index (χ3v) is 5.17. The number of hydrogen-bond acceptors (Lipinski definition) is 3. The Kier molecular flexibility index (Phi) is 5.83. The zero-order valence-electron chi connectivity index (χ0n) is 15.7. The Balaban J connectivity index is 2.08. The van der Waals surface area contributed by atoms with Crippen LogP contribution in [0.1, 0.15) is 51.0 Å². The van der Waals surface area contributed by atoms with Crippen molar-refractivity contribution in [2.45, 2.75) is 59.4 Å². The van der Waals surface area contributed by atoms with Crippen LogP contribution in [-0.4, -0.2) is 15.7 Å². The number of nitrogens with one attached hydrogen (secondary N) is 1. The first-order chi connectivity index (χ1) is 12.5. The molecule has 0 bridgehead atoms. The lowest BCUT2D eigenvalue weighted by Gasteiger charge is -2.17. The molecule has 0 saturated carbocycles. The molecule has 0 radical (unpaired) electrons. The van der Waals surface area contributed by atoms with E-state index in [9.17, 15) is 0 Å². The van der Waals surface area contributed by atoms with Crippen molar-refractivity contribution in [1.82, 2.24) is 9.61 Å². The highest BCUT2D eigenvalue weighted by Gasteiger charge is 2.23. The van der Waals surface area contributed by atoms with Crippen molar-refractivity contribution in [2.24, 2.45) is 0 Å². The van der Waals surface area contributed by atoms with Crippen molar-refractivity contribution in [3.8, 4) is 11.3 Å². The van der Waals surface area contributed by atoms with Crippen LogP contribution in [0.15, 0.2) is 22.6 Å². The van der Waals surface area contributed by atoms with Gasteiger partial charge in [-0.2, -0.15) is 9.61 Å². The van der Waals surface area contributed by atoms with Crippen LogP contribution in [0.2, 0.25) is 10.0 Å². The van der Waals surface area contributed by atoms with E-state index in [1.165, 1.54) is 0 Å². The van der Waals surface area contributed by atoms with Crippen LogP contribution in [0.5, 0.6) is 0 Å². The Bertz CT molecular complexity index is 908. The van der Waals surface area contributed by atoms with Crippen molar-refractivity contribution in [1.29, 1.82) is 0 Å². The third-order valence-electron chi connectivity index (χ3n) is 4.62. The van der Waals surface area contributed by atoms with E-state index in [0.717, 1.165) is 59.8 Å². The van der Waals surface area contributed by atoms with Gasteiger partial charge in [-0.15, -0.1) is 0 Å². The third kappa shape index (κ3) is 3.58. The second-order valence-electron chi connectivity index (χ2n) is 6.73. The first-order valence-electron chi connectivity index (χ1n) is 9.16. The summed E-state index contributed by atoms with van der Waals surface area (Å²) in [6, 6.07) is 5.90. The average Bonchev–Trinajstić information content (AvgIpc) is 3.03. The van der Waals surface area contributed by atoms with Gasteiger partial charge in [0, 0.05) is 16.6 Å². The number of nitrogens with zero attached hydrogens (tertiary/aromatic N) is 2. The number of oxazole rings is 1. The minimum atomic E-state index is 0.421. The highest BCUT2D eigenvalue weighted by molar-refractivity contribution is 6.36. The number of anilines is 1. The molecule has 26 heavy (non-hydrogen) atoms. The summed E-state index contributed by atoms with van der Waals surface area (Å²) in [6.07, 6.45) is 4.54. The summed E-state index contributed by atoms with van der Waals surface area (Å²) in [6.45, 7) is 8.36. The quantitative estimate of drug-likeness (QED) is 0.474. The largest absolute Gasteiger partial charge is 0.440 e. The number of aryl methyl sites for hydroxylation is 2. The molecule has 3 rings (SSSR count). The molecule has 0 atom stereocenters. The average molecular weight is 394 g/mol. The van der Waals surface area contributed by atoms with E-state index in [1.807, 2.05) is 30.5 Å². The maximum atomic E-state index is 6.42. The summed E-state index contributed by atoms with van der Waals surface area (Å²) in [5.41, 5.74) is 4.35. The van der Waals surface area contributed by atoms with Crippen LogP contribution in [0.4, 0.5) is 5.69 Å². The zero-order chi connectivity index (χ0) is 18.8.